The number of carbonyl (C=O) groups is 1. The first-order valence-corrected chi connectivity index (χ1v) is 7.08. The van der Waals surface area contributed by atoms with Gasteiger partial charge in [0.25, 0.3) is 0 Å². The monoisotopic (exact) mass is 284 g/mol. The van der Waals surface area contributed by atoms with E-state index in [-0.39, 0.29) is 6.42 Å². The summed E-state index contributed by atoms with van der Waals surface area (Å²) in [5.74, 6) is -0.749. The lowest BCUT2D eigenvalue weighted by atomic mass is 10.1. The second-order valence-corrected chi connectivity index (χ2v) is 5.06. The number of rotatable bonds is 7. The maximum atomic E-state index is 10.7. The van der Waals surface area contributed by atoms with Gasteiger partial charge in [-0.15, -0.1) is 0 Å². The third-order valence-corrected chi connectivity index (χ3v) is 3.45. The minimum absolute atomic E-state index is 0.190. The van der Waals surface area contributed by atoms with Crippen molar-refractivity contribution in [3.8, 4) is 0 Å². The maximum Gasteiger partial charge on any atom is 0.303 e. The molecule has 0 aliphatic heterocycles. The van der Waals surface area contributed by atoms with Crippen LogP contribution in [0.25, 0.3) is 0 Å². The van der Waals surface area contributed by atoms with Crippen LogP contribution in [0.15, 0.2) is 48.8 Å². The minimum atomic E-state index is -0.749. The molecule has 0 bridgehead atoms. The summed E-state index contributed by atoms with van der Waals surface area (Å²) in [6, 6.07) is 12.1. The van der Waals surface area contributed by atoms with E-state index in [2.05, 4.69) is 16.8 Å². The Morgan fingerprint density at radius 2 is 2.00 bits per heavy atom. The van der Waals surface area contributed by atoms with E-state index in [1.165, 1.54) is 5.56 Å². The lowest BCUT2D eigenvalue weighted by molar-refractivity contribution is -0.137. The molecule has 1 aromatic heterocycles. The van der Waals surface area contributed by atoms with Gasteiger partial charge in [0, 0.05) is 37.6 Å². The number of aryl methyl sites for hydroxylation is 1. The summed E-state index contributed by atoms with van der Waals surface area (Å²) in [5.41, 5.74) is 3.46. The average Bonchev–Trinajstić information content (AvgIpc) is 2.49. The van der Waals surface area contributed by atoms with Crippen molar-refractivity contribution in [3.63, 3.8) is 0 Å². The zero-order valence-corrected chi connectivity index (χ0v) is 12.2. The van der Waals surface area contributed by atoms with Gasteiger partial charge in [-0.1, -0.05) is 18.2 Å². The molecule has 1 aromatic carbocycles. The van der Waals surface area contributed by atoms with Crippen LogP contribution < -0.4 is 4.90 Å². The van der Waals surface area contributed by atoms with Crippen LogP contribution in [0.3, 0.4) is 0 Å². The van der Waals surface area contributed by atoms with Gasteiger partial charge < -0.3 is 10.0 Å². The average molecular weight is 284 g/mol. The molecule has 4 nitrogen and oxygen atoms in total. The molecule has 0 unspecified atom stereocenters. The molecule has 0 fully saturated rings. The van der Waals surface area contributed by atoms with Crippen LogP contribution in [0.4, 0.5) is 5.69 Å². The molecule has 2 aromatic rings. The molecular formula is C17H20N2O2. The topological polar surface area (TPSA) is 53.4 Å². The Labute approximate surface area is 125 Å². The van der Waals surface area contributed by atoms with E-state index in [4.69, 9.17) is 5.11 Å². The Kier molecular flexibility index (Phi) is 5.32. The summed E-state index contributed by atoms with van der Waals surface area (Å²) in [5, 5.41) is 8.80. The highest BCUT2D eigenvalue weighted by Gasteiger charge is 2.09. The number of benzene rings is 1. The fourth-order valence-electron chi connectivity index (χ4n) is 2.23. The largest absolute Gasteiger partial charge is 0.481 e. The smallest absolute Gasteiger partial charge is 0.303 e. The molecule has 0 radical (unpaired) electrons. The molecule has 0 amide bonds. The summed E-state index contributed by atoms with van der Waals surface area (Å²) in [6.45, 7) is 3.52. The van der Waals surface area contributed by atoms with Gasteiger partial charge in [0.05, 0.1) is 0 Å². The normalized spacial score (nSPS) is 10.3. The van der Waals surface area contributed by atoms with E-state index in [9.17, 15) is 4.79 Å². The van der Waals surface area contributed by atoms with Crippen LogP contribution >= 0.6 is 0 Å². The van der Waals surface area contributed by atoms with E-state index < -0.39 is 5.97 Å². The number of hydrogen-bond acceptors (Lipinski definition) is 3. The highest BCUT2D eigenvalue weighted by molar-refractivity contribution is 5.66. The summed E-state index contributed by atoms with van der Waals surface area (Å²) < 4.78 is 0. The summed E-state index contributed by atoms with van der Waals surface area (Å²) >= 11 is 0. The number of para-hydroxylation sites is 1. The SMILES string of the molecule is Cc1ccncc1CN(CCCC(=O)O)c1ccccc1. The third-order valence-electron chi connectivity index (χ3n) is 3.45. The summed E-state index contributed by atoms with van der Waals surface area (Å²) in [6.07, 6.45) is 4.48. The van der Waals surface area contributed by atoms with Gasteiger partial charge in [0.15, 0.2) is 0 Å². The predicted octanol–water partition coefficient (Wildman–Crippen LogP) is 3.26. The van der Waals surface area contributed by atoms with Crippen molar-refractivity contribution in [2.24, 2.45) is 0 Å². The van der Waals surface area contributed by atoms with Crippen molar-refractivity contribution < 1.29 is 9.90 Å². The minimum Gasteiger partial charge on any atom is -0.481 e. The standard InChI is InChI=1S/C17H20N2O2/c1-14-9-10-18-12-15(14)13-19(11-5-8-17(20)21)16-6-3-2-4-7-16/h2-4,6-7,9-10,12H,5,8,11,13H2,1H3,(H,20,21). The van der Waals surface area contributed by atoms with Crippen LogP contribution in [-0.4, -0.2) is 22.6 Å². The van der Waals surface area contributed by atoms with E-state index in [1.807, 2.05) is 42.6 Å². The van der Waals surface area contributed by atoms with Crippen LogP contribution in [0.5, 0.6) is 0 Å². The molecular weight excluding hydrogens is 264 g/mol. The molecule has 1 heterocycles. The first-order chi connectivity index (χ1) is 10.2. The van der Waals surface area contributed by atoms with Crippen molar-refractivity contribution in [1.29, 1.82) is 0 Å². The summed E-state index contributed by atoms with van der Waals surface area (Å²) in [4.78, 5) is 17.1. The Bertz CT molecular complexity index is 584. The van der Waals surface area contributed by atoms with Gasteiger partial charge in [-0.05, 0) is 42.7 Å². The number of aromatic nitrogens is 1. The Balaban J connectivity index is 2.12. The number of pyridine rings is 1. The van der Waals surface area contributed by atoms with E-state index in [0.717, 1.165) is 17.8 Å². The number of anilines is 1. The van der Waals surface area contributed by atoms with Crippen molar-refractivity contribution in [3.05, 3.63) is 59.9 Å². The maximum absolute atomic E-state index is 10.7. The second kappa shape index (κ2) is 7.43. The van der Waals surface area contributed by atoms with Crippen LogP contribution in [-0.2, 0) is 11.3 Å². The van der Waals surface area contributed by atoms with Crippen LogP contribution in [0.1, 0.15) is 24.0 Å². The molecule has 2 rings (SSSR count). The van der Waals surface area contributed by atoms with E-state index in [1.54, 1.807) is 6.20 Å². The van der Waals surface area contributed by atoms with Crippen molar-refractivity contribution in [2.45, 2.75) is 26.3 Å². The molecule has 1 N–H and O–H groups in total. The van der Waals surface area contributed by atoms with E-state index >= 15 is 0 Å². The fraction of sp³-hybridized carbons (Fsp3) is 0.294. The fourth-order valence-corrected chi connectivity index (χ4v) is 2.23. The number of nitrogens with zero attached hydrogens (tertiary/aromatic N) is 2. The lowest BCUT2D eigenvalue weighted by Crippen LogP contribution is -2.24. The lowest BCUT2D eigenvalue weighted by Gasteiger charge is -2.25. The molecule has 0 saturated carbocycles. The van der Waals surface area contributed by atoms with Gasteiger partial charge in [0.1, 0.15) is 0 Å². The zero-order chi connectivity index (χ0) is 15.1. The highest BCUT2D eigenvalue weighted by Crippen LogP contribution is 2.18. The van der Waals surface area contributed by atoms with Gasteiger partial charge >= 0.3 is 5.97 Å². The molecule has 0 spiro atoms. The number of carboxylic acid groups (broad SMARTS) is 1. The summed E-state index contributed by atoms with van der Waals surface area (Å²) in [7, 11) is 0. The van der Waals surface area contributed by atoms with Gasteiger partial charge in [-0.2, -0.15) is 0 Å². The van der Waals surface area contributed by atoms with Crippen molar-refractivity contribution in [1.82, 2.24) is 4.98 Å². The molecule has 4 heteroatoms. The molecule has 21 heavy (non-hydrogen) atoms. The first-order valence-electron chi connectivity index (χ1n) is 7.08. The molecule has 0 aliphatic rings. The number of aliphatic carboxylic acids is 1. The van der Waals surface area contributed by atoms with Gasteiger partial charge in [-0.3, -0.25) is 9.78 Å². The first kappa shape index (κ1) is 15.0. The Hall–Kier alpha value is -2.36. The second-order valence-electron chi connectivity index (χ2n) is 5.06. The van der Waals surface area contributed by atoms with Crippen molar-refractivity contribution >= 4 is 11.7 Å². The van der Waals surface area contributed by atoms with Crippen molar-refractivity contribution in [2.75, 3.05) is 11.4 Å². The Morgan fingerprint density at radius 1 is 1.24 bits per heavy atom. The Morgan fingerprint density at radius 3 is 2.67 bits per heavy atom. The zero-order valence-electron chi connectivity index (χ0n) is 12.2. The molecule has 0 saturated heterocycles. The van der Waals surface area contributed by atoms with Crippen LogP contribution in [0, 0.1) is 6.92 Å². The van der Waals surface area contributed by atoms with E-state index in [0.29, 0.717) is 13.0 Å². The van der Waals surface area contributed by atoms with Gasteiger partial charge in [-0.25, -0.2) is 0 Å². The predicted molar refractivity (Wildman–Crippen MR) is 83.3 cm³/mol. The van der Waals surface area contributed by atoms with Crippen LogP contribution in [0.2, 0.25) is 0 Å². The third kappa shape index (κ3) is 4.60. The molecule has 110 valence electrons. The number of hydrogen-bond donors (Lipinski definition) is 1. The molecule has 0 atom stereocenters. The molecule has 0 aliphatic carbocycles. The highest BCUT2D eigenvalue weighted by atomic mass is 16.4. The number of carboxylic acids is 1. The quantitative estimate of drug-likeness (QED) is 0.848. The van der Waals surface area contributed by atoms with Gasteiger partial charge in [0.2, 0.25) is 0 Å².